The molecule has 1 saturated heterocycles. The van der Waals surface area contributed by atoms with Crippen molar-refractivity contribution in [3.8, 4) is 23.1 Å². The van der Waals surface area contributed by atoms with Crippen molar-refractivity contribution in [1.82, 2.24) is 35.1 Å². The molecular formula is C18H17F5N8O4. The Balaban J connectivity index is 1.64. The van der Waals surface area contributed by atoms with Gasteiger partial charge in [0.2, 0.25) is 5.88 Å². The van der Waals surface area contributed by atoms with Gasteiger partial charge in [0.05, 0.1) is 38.6 Å². The minimum atomic E-state index is -4.72. The van der Waals surface area contributed by atoms with Crippen molar-refractivity contribution in [2.24, 2.45) is 0 Å². The molecule has 17 heteroatoms. The highest BCUT2D eigenvalue weighted by Gasteiger charge is 2.51. The van der Waals surface area contributed by atoms with E-state index in [1.165, 1.54) is 31.8 Å². The molecule has 0 radical (unpaired) electrons. The van der Waals surface area contributed by atoms with E-state index in [0.717, 1.165) is 15.9 Å². The van der Waals surface area contributed by atoms with Crippen LogP contribution in [0, 0.1) is 0 Å². The third kappa shape index (κ3) is 5.07. The molecule has 12 nitrogen and oxygen atoms in total. The van der Waals surface area contributed by atoms with Crippen LogP contribution in [0.4, 0.5) is 32.4 Å². The normalized spacial score (nSPS) is 17.5. The summed E-state index contributed by atoms with van der Waals surface area (Å²) >= 11 is 0. The van der Waals surface area contributed by atoms with Crippen LogP contribution in [-0.2, 0) is 4.74 Å². The molecule has 188 valence electrons. The minimum absolute atomic E-state index is 0.0237. The first-order chi connectivity index (χ1) is 16.5. The summed E-state index contributed by atoms with van der Waals surface area (Å²) in [5.41, 5.74) is 0.734. The number of carbonyl (C=O) groups excluding carboxylic acids is 1. The number of halogens is 5. The molecule has 35 heavy (non-hydrogen) atoms. The first kappa shape index (κ1) is 24.1. The number of aromatic nitrogens is 6. The van der Waals surface area contributed by atoms with Crippen LogP contribution in [0.1, 0.15) is 0 Å². The number of alkyl halides is 5. The fourth-order valence-electron chi connectivity index (χ4n) is 3.35. The molecule has 3 aromatic heterocycles. The van der Waals surface area contributed by atoms with E-state index in [2.05, 4.69) is 29.9 Å². The largest absolute Gasteiger partial charge is 0.480 e. The zero-order valence-electron chi connectivity index (χ0n) is 18.1. The van der Waals surface area contributed by atoms with Crippen molar-refractivity contribution < 1.29 is 41.0 Å². The Hall–Kier alpha value is -4.05. The summed E-state index contributed by atoms with van der Waals surface area (Å²) in [4.78, 5) is 24.9. The predicted molar refractivity (Wildman–Crippen MR) is 106 cm³/mol. The number of fused-ring (bicyclic) bond motifs is 1. The average molecular weight is 504 g/mol. The van der Waals surface area contributed by atoms with Crippen LogP contribution in [0.3, 0.4) is 0 Å². The molecule has 1 aliphatic rings. The number of amides is 1. The Labute approximate surface area is 193 Å². The van der Waals surface area contributed by atoms with Gasteiger partial charge in [-0.15, -0.1) is 14.8 Å². The van der Waals surface area contributed by atoms with Gasteiger partial charge in [-0.05, 0) is 6.07 Å². The number of ether oxygens (including phenoxy) is 3. The second-order valence-corrected chi connectivity index (χ2v) is 7.27. The van der Waals surface area contributed by atoms with Gasteiger partial charge in [0.15, 0.2) is 11.8 Å². The number of carbonyl (C=O) groups is 1. The lowest BCUT2D eigenvalue weighted by Crippen LogP contribution is -2.41. The molecule has 4 heterocycles. The fourth-order valence-corrected chi connectivity index (χ4v) is 3.35. The minimum Gasteiger partial charge on any atom is -0.480 e. The molecule has 1 N–H and O–H groups in total. The average Bonchev–Trinajstić information content (AvgIpc) is 3.39. The van der Waals surface area contributed by atoms with Crippen LogP contribution in [0.2, 0.25) is 0 Å². The lowest BCUT2D eigenvalue weighted by Gasteiger charge is -2.19. The molecular weight excluding hydrogens is 487 g/mol. The maximum atomic E-state index is 14.6. The second-order valence-electron chi connectivity index (χ2n) is 7.27. The Morgan fingerprint density at radius 3 is 2.71 bits per heavy atom. The summed E-state index contributed by atoms with van der Waals surface area (Å²) in [7, 11) is 2.72. The molecule has 1 amide bonds. The van der Waals surface area contributed by atoms with Gasteiger partial charge >= 0.3 is 24.2 Å². The van der Waals surface area contributed by atoms with Gasteiger partial charge in [-0.3, -0.25) is 0 Å². The zero-order valence-corrected chi connectivity index (χ0v) is 18.1. The van der Waals surface area contributed by atoms with Crippen molar-refractivity contribution in [3.05, 3.63) is 18.6 Å². The predicted octanol–water partition coefficient (Wildman–Crippen LogP) is 1.71. The Bertz CT molecular complexity index is 1240. The monoisotopic (exact) mass is 504 g/mol. The van der Waals surface area contributed by atoms with E-state index in [0.29, 0.717) is 0 Å². The number of alkyl carbamates (subject to hydrolysis) is 1. The van der Waals surface area contributed by atoms with Gasteiger partial charge in [0.25, 0.3) is 0 Å². The van der Waals surface area contributed by atoms with Crippen molar-refractivity contribution in [2.45, 2.75) is 18.2 Å². The highest BCUT2D eigenvalue weighted by molar-refractivity contribution is 5.76. The van der Waals surface area contributed by atoms with Gasteiger partial charge < -0.3 is 24.4 Å². The summed E-state index contributed by atoms with van der Waals surface area (Å²) in [6, 6.07) is 1.44. The van der Waals surface area contributed by atoms with E-state index < -0.39 is 43.9 Å². The lowest BCUT2D eigenvalue weighted by molar-refractivity contribution is -0.125. The van der Waals surface area contributed by atoms with Crippen LogP contribution in [0.15, 0.2) is 18.6 Å². The SMILES string of the molecule is COc1ncc(-c2cc(N3CC(OC(=O)NCC(F)(F)F)C(F)(F)C3)c3ncnn3n2)c(OC)n1. The van der Waals surface area contributed by atoms with Crippen LogP contribution in [-0.4, -0.2) is 87.9 Å². The van der Waals surface area contributed by atoms with Gasteiger partial charge in [-0.1, -0.05) is 0 Å². The molecule has 0 spiro atoms. The highest BCUT2D eigenvalue weighted by atomic mass is 19.4. The number of hydrogen-bond acceptors (Lipinski definition) is 10. The summed E-state index contributed by atoms with van der Waals surface area (Å²) in [5.74, 6) is -3.49. The van der Waals surface area contributed by atoms with Crippen LogP contribution in [0.25, 0.3) is 16.9 Å². The summed E-state index contributed by atoms with van der Waals surface area (Å²) in [6.45, 7) is -3.16. The Kier molecular flexibility index (Phi) is 6.16. The fraction of sp³-hybridized carbons (Fsp3) is 0.444. The lowest BCUT2D eigenvalue weighted by atomic mass is 10.2. The van der Waals surface area contributed by atoms with Gasteiger partial charge in [-0.2, -0.15) is 18.2 Å². The number of anilines is 1. The number of hydrogen-bond donors (Lipinski definition) is 1. The van der Waals surface area contributed by atoms with Gasteiger partial charge in [0, 0.05) is 6.20 Å². The second kappa shape index (κ2) is 8.95. The van der Waals surface area contributed by atoms with Gasteiger partial charge in [0.1, 0.15) is 18.6 Å². The zero-order chi connectivity index (χ0) is 25.4. The van der Waals surface area contributed by atoms with Crippen molar-refractivity contribution in [2.75, 3.05) is 38.8 Å². The molecule has 1 atom stereocenters. The first-order valence-electron chi connectivity index (χ1n) is 9.81. The van der Waals surface area contributed by atoms with Crippen molar-refractivity contribution >= 4 is 17.4 Å². The third-order valence-electron chi connectivity index (χ3n) is 4.90. The smallest absolute Gasteiger partial charge is 0.408 e. The number of methoxy groups -OCH3 is 2. The van der Waals surface area contributed by atoms with Crippen LogP contribution < -0.4 is 19.7 Å². The topological polar surface area (TPSA) is 129 Å². The quantitative estimate of drug-likeness (QED) is 0.496. The molecule has 0 aliphatic carbocycles. The Morgan fingerprint density at radius 1 is 1.26 bits per heavy atom. The van der Waals surface area contributed by atoms with E-state index in [1.807, 2.05) is 0 Å². The molecule has 1 aliphatic heterocycles. The van der Waals surface area contributed by atoms with Crippen molar-refractivity contribution in [1.29, 1.82) is 0 Å². The van der Waals surface area contributed by atoms with E-state index in [-0.39, 0.29) is 34.5 Å². The van der Waals surface area contributed by atoms with E-state index >= 15 is 0 Å². The first-order valence-corrected chi connectivity index (χ1v) is 9.81. The maximum absolute atomic E-state index is 14.6. The standard InChI is InChI=1S/C18H17F5N8O4/c1-33-14-9(4-24-15(28-14)34-2)10-3-11(13-26-8-27-31(13)29-10)30-5-12(17(19,20)7-30)35-16(32)25-6-18(21,22)23/h3-4,8,12H,5-7H2,1-2H3,(H,25,32). The van der Waals surface area contributed by atoms with E-state index in [4.69, 9.17) is 9.47 Å². The van der Waals surface area contributed by atoms with Crippen LogP contribution in [0.5, 0.6) is 11.9 Å². The van der Waals surface area contributed by atoms with E-state index in [1.54, 1.807) is 0 Å². The van der Waals surface area contributed by atoms with E-state index in [9.17, 15) is 26.7 Å². The highest BCUT2D eigenvalue weighted by Crippen LogP contribution is 2.37. The molecule has 3 aromatic rings. The number of nitrogens with one attached hydrogen (secondary N) is 1. The maximum Gasteiger partial charge on any atom is 0.408 e. The number of rotatable bonds is 6. The molecule has 1 fully saturated rings. The number of nitrogens with zero attached hydrogens (tertiary/aromatic N) is 7. The van der Waals surface area contributed by atoms with Crippen molar-refractivity contribution in [3.63, 3.8) is 0 Å². The molecule has 1 unspecified atom stereocenters. The Morgan fingerprint density at radius 2 is 2.03 bits per heavy atom. The van der Waals surface area contributed by atoms with Gasteiger partial charge in [-0.25, -0.2) is 23.5 Å². The third-order valence-corrected chi connectivity index (χ3v) is 4.90. The van der Waals surface area contributed by atoms with Crippen LogP contribution >= 0.6 is 0 Å². The molecule has 0 aromatic carbocycles. The summed E-state index contributed by atoms with van der Waals surface area (Å²) < 4.78 is 82.0. The molecule has 0 saturated carbocycles. The molecule has 0 bridgehead atoms. The summed E-state index contributed by atoms with van der Waals surface area (Å²) in [6.07, 6.45) is -5.84. The molecule has 4 rings (SSSR count). The summed E-state index contributed by atoms with van der Waals surface area (Å²) in [5, 5.41) is 9.64.